The van der Waals surface area contributed by atoms with Crippen molar-refractivity contribution >= 4 is 32.9 Å². The highest BCUT2D eigenvalue weighted by Crippen LogP contribution is 2.41. The molecule has 22 heavy (non-hydrogen) atoms. The molecule has 120 valence electrons. The van der Waals surface area contributed by atoms with Gasteiger partial charge in [-0.2, -0.15) is 0 Å². The predicted molar refractivity (Wildman–Crippen MR) is 104 cm³/mol. The predicted octanol–water partition coefficient (Wildman–Crippen LogP) is 7.22. The molecule has 1 aromatic carbocycles. The van der Waals surface area contributed by atoms with Crippen LogP contribution >= 0.6 is 32.9 Å². The summed E-state index contributed by atoms with van der Waals surface area (Å²) in [5.41, 5.74) is 2.64. The minimum Gasteiger partial charge on any atom is -0.245 e. The summed E-state index contributed by atoms with van der Waals surface area (Å²) in [5.74, 6) is 1.24. The van der Waals surface area contributed by atoms with Crippen LogP contribution in [0.1, 0.15) is 51.0 Å². The summed E-state index contributed by atoms with van der Waals surface area (Å²) in [5, 5.41) is 3.18. The summed E-state index contributed by atoms with van der Waals surface area (Å²) < 4.78 is 0. The maximum atomic E-state index is 4.47. The molecule has 1 nitrogen and oxygen atoms in total. The maximum absolute atomic E-state index is 4.47. The Morgan fingerprint density at radius 1 is 1.09 bits per heavy atom. The molecule has 1 aromatic heterocycles. The number of hydrogen-bond donors (Lipinski definition) is 0. The van der Waals surface area contributed by atoms with Crippen molar-refractivity contribution in [2.24, 2.45) is 0 Å². The fourth-order valence-corrected chi connectivity index (χ4v) is 5.66. The van der Waals surface area contributed by atoms with Crippen molar-refractivity contribution in [3.05, 3.63) is 35.3 Å². The molecular formula is C18H25NS3. The lowest BCUT2D eigenvalue weighted by molar-refractivity contribution is 0.627. The van der Waals surface area contributed by atoms with Gasteiger partial charge in [-0.25, -0.2) is 4.98 Å². The molecular weight excluding hydrogens is 326 g/mol. The van der Waals surface area contributed by atoms with Crippen molar-refractivity contribution in [2.45, 2.75) is 57.3 Å². The van der Waals surface area contributed by atoms with Crippen LogP contribution in [-0.2, 0) is 0 Å². The molecule has 0 saturated carbocycles. The Morgan fingerprint density at radius 2 is 1.91 bits per heavy atom. The van der Waals surface area contributed by atoms with Crippen LogP contribution in [0.3, 0.4) is 0 Å². The fraction of sp³-hybridized carbons (Fsp3) is 0.500. The highest BCUT2D eigenvalue weighted by atomic mass is 33.1. The van der Waals surface area contributed by atoms with Gasteiger partial charge in [0.15, 0.2) is 0 Å². The molecule has 0 atom stereocenters. The summed E-state index contributed by atoms with van der Waals surface area (Å²) >= 11 is 1.72. The van der Waals surface area contributed by atoms with Gasteiger partial charge in [-0.05, 0) is 18.9 Å². The van der Waals surface area contributed by atoms with Gasteiger partial charge in [-0.1, -0.05) is 78.8 Å². The van der Waals surface area contributed by atoms with Crippen molar-refractivity contribution in [3.8, 4) is 10.6 Å². The zero-order valence-corrected chi connectivity index (χ0v) is 16.0. The number of thiazole rings is 1. The van der Waals surface area contributed by atoms with Gasteiger partial charge in [0.05, 0.1) is 0 Å². The minimum absolute atomic E-state index is 1.13. The van der Waals surface area contributed by atoms with E-state index in [1.807, 2.05) is 27.8 Å². The van der Waals surface area contributed by atoms with Crippen molar-refractivity contribution < 1.29 is 0 Å². The number of rotatable bonds is 10. The first-order valence-corrected chi connectivity index (χ1v) is 11.3. The molecule has 0 unspecified atom stereocenters. The van der Waals surface area contributed by atoms with E-state index in [1.165, 1.54) is 60.3 Å². The summed E-state index contributed by atoms with van der Waals surface area (Å²) in [7, 11) is 3.91. The summed E-state index contributed by atoms with van der Waals surface area (Å²) in [4.78, 5) is 5.85. The van der Waals surface area contributed by atoms with Crippen LogP contribution in [0.2, 0.25) is 0 Å². The third kappa shape index (κ3) is 5.64. The topological polar surface area (TPSA) is 12.9 Å². The minimum atomic E-state index is 1.13. The molecule has 0 aliphatic carbocycles. The van der Waals surface area contributed by atoms with Crippen LogP contribution in [-0.4, -0.2) is 10.7 Å². The van der Waals surface area contributed by atoms with Gasteiger partial charge >= 0.3 is 0 Å². The Hall–Kier alpha value is -0.450. The zero-order valence-electron chi connectivity index (χ0n) is 13.5. The molecule has 2 aromatic rings. The van der Waals surface area contributed by atoms with E-state index >= 15 is 0 Å². The molecule has 4 heteroatoms. The van der Waals surface area contributed by atoms with E-state index in [2.05, 4.69) is 42.4 Å². The standard InChI is InChI=1S/C18H25NS3/c1-3-4-5-6-7-8-13-21-22-17-15(2)10-9-11-16(17)18-19-12-14-20-18/h9-12,14H,3-8,13H2,1-2H3. The summed E-state index contributed by atoms with van der Waals surface area (Å²) in [6.07, 6.45) is 10.1. The van der Waals surface area contributed by atoms with Crippen molar-refractivity contribution in [1.82, 2.24) is 4.98 Å². The Morgan fingerprint density at radius 3 is 2.68 bits per heavy atom. The normalized spacial score (nSPS) is 11.0. The lowest BCUT2D eigenvalue weighted by Gasteiger charge is -2.09. The average Bonchev–Trinajstić information content (AvgIpc) is 3.05. The second kappa shape index (κ2) is 10.3. The van der Waals surface area contributed by atoms with Crippen molar-refractivity contribution in [3.63, 3.8) is 0 Å². The Balaban J connectivity index is 1.80. The van der Waals surface area contributed by atoms with E-state index in [0.717, 1.165) is 5.01 Å². The van der Waals surface area contributed by atoms with E-state index in [0.29, 0.717) is 0 Å². The third-order valence-corrected chi connectivity index (χ3v) is 7.04. The average molecular weight is 352 g/mol. The quantitative estimate of drug-likeness (QED) is 0.331. The van der Waals surface area contributed by atoms with Crippen molar-refractivity contribution in [1.29, 1.82) is 0 Å². The van der Waals surface area contributed by atoms with Crippen LogP contribution in [0.15, 0.2) is 34.7 Å². The molecule has 0 radical (unpaired) electrons. The fourth-order valence-electron chi connectivity index (χ4n) is 2.33. The van der Waals surface area contributed by atoms with Gasteiger partial charge in [-0.3, -0.25) is 0 Å². The number of benzene rings is 1. The molecule has 0 spiro atoms. The van der Waals surface area contributed by atoms with Gasteiger partial charge in [0.1, 0.15) is 5.01 Å². The highest BCUT2D eigenvalue weighted by Gasteiger charge is 2.10. The lowest BCUT2D eigenvalue weighted by Crippen LogP contribution is -1.85. The first kappa shape index (κ1) is 17.9. The smallest absolute Gasteiger partial charge is 0.124 e. The number of unbranched alkanes of at least 4 members (excludes halogenated alkanes) is 5. The number of aryl methyl sites for hydroxylation is 1. The molecule has 2 rings (SSSR count). The van der Waals surface area contributed by atoms with Crippen LogP contribution in [0.5, 0.6) is 0 Å². The number of nitrogens with zero attached hydrogens (tertiary/aromatic N) is 1. The number of hydrogen-bond acceptors (Lipinski definition) is 4. The van der Waals surface area contributed by atoms with Crippen LogP contribution < -0.4 is 0 Å². The van der Waals surface area contributed by atoms with E-state index in [1.54, 1.807) is 11.3 Å². The van der Waals surface area contributed by atoms with E-state index < -0.39 is 0 Å². The van der Waals surface area contributed by atoms with E-state index in [4.69, 9.17) is 0 Å². The van der Waals surface area contributed by atoms with Crippen molar-refractivity contribution in [2.75, 3.05) is 5.75 Å². The Labute approximate surface area is 146 Å². The summed E-state index contributed by atoms with van der Waals surface area (Å²) in [6.45, 7) is 4.47. The lowest BCUT2D eigenvalue weighted by atomic mass is 10.1. The first-order chi connectivity index (χ1) is 10.8. The summed E-state index contributed by atoms with van der Waals surface area (Å²) in [6, 6.07) is 6.53. The van der Waals surface area contributed by atoms with Crippen LogP contribution in [0.25, 0.3) is 10.6 Å². The monoisotopic (exact) mass is 351 g/mol. The third-order valence-electron chi connectivity index (χ3n) is 3.60. The van der Waals surface area contributed by atoms with Crippen LogP contribution in [0.4, 0.5) is 0 Å². The molecule has 0 fully saturated rings. The maximum Gasteiger partial charge on any atom is 0.124 e. The Kier molecular flexibility index (Phi) is 8.42. The second-order valence-corrected chi connectivity index (χ2v) is 8.78. The van der Waals surface area contributed by atoms with Gasteiger partial charge in [-0.15, -0.1) is 11.3 Å². The molecule has 0 aliphatic rings. The second-order valence-electron chi connectivity index (χ2n) is 5.46. The van der Waals surface area contributed by atoms with Crippen LogP contribution in [0, 0.1) is 6.92 Å². The molecule has 0 N–H and O–H groups in total. The first-order valence-electron chi connectivity index (χ1n) is 8.12. The number of aromatic nitrogens is 1. The van der Waals surface area contributed by atoms with Gasteiger partial charge in [0.25, 0.3) is 0 Å². The zero-order chi connectivity index (χ0) is 15.6. The van der Waals surface area contributed by atoms with Gasteiger partial charge in [0, 0.05) is 27.8 Å². The molecule has 0 amide bonds. The van der Waals surface area contributed by atoms with Gasteiger partial charge < -0.3 is 0 Å². The van der Waals surface area contributed by atoms with E-state index in [9.17, 15) is 0 Å². The molecule has 0 bridgehead atoms. The molecule has 0 aliphatic heterocycles. The van der Waals surface area contributed by atoms with E-state index in [-0.39, 0.29) is 0 Å². The highest BCUT2D eigenvalue weighted by molar-refractivity contribution is 8.76. The SMILES string of the molecule is CCCCCCCCSSc1c(C)cccc1-c1nccs1. The van der Waals surface area contributed by atoms with Gasteiger partial charge in [0.2, 0.25) is 0 Å². The molecule has 1 heterocycles. The Bertz CT molecular complexity index is 537. The largest absolute Gasteiger partial charge is 0.245 e. The molecule has 0 saturated heterocycles.